The molecule has 0 bridgehead atoms. The molecule has 1 heterocycles. The Morgan fingerprint density at radius 2 is 2.26 bits per heavy atom. The van der Waals surface area contributed by atoms with Crippen molar-refractivity contribution in [1.29, 1.82) is 0 Å². The first kappa shape index (κ1) is 14.3. The predicted octanol–water partition coefficient (Wildman–Crippen LogP) is 3.87. The van der Waals surface area contributed by atoms with E-state index in [0.717, 1.165) is 17.0 Å². The lowest BCUT2D eigenvalue weighted by atomic mass is 10.2. The van der Waals surface area contributed by atoms with Crippen molar-refractivity contribution in [2.24, 2.45) is 0 Å². The van der Waals surface area contributed by atoms with Crippen molar-refractivity contribution < 1.29 is 4.74 Å². The quantitative estimate of drug-likeness (QED) is 0.878. The Kier molecular flexibility index (Phi) is 5.19. The summed E-state index contributed by atoms with van der Waals surface area (Å²) >= 11 is 7.79. The maximum atomic E-state index is 6.22. The van der Waals surface area contributed by atoms with Gasteiger partial charge in [-0.2, -0.15) is 0 Å². The smallest absolute Gasteiger partial charge is 0.138 e. The molecule has 0 spiro atoms. The van der Waals surface area contributed by atoms with Gasteiger partial charge in [0.25, 0.3) is 0 Å². The Hall–Kier alpha value is -1.10. The minimum atomic E-state index is 0.459. The van der Waals surface area contributed by atoms with E-state index in [9.17, 15) is 0 Å². The lowest BCUT2D eigenvalue weighted by molar-refractivity contribution is 0.309. The first-order valence-electron chi connectivity index (χ1n) is 6.17. The highest BCUT2D eigenvalue weighted by Gasteiger charge is 2.05. The first-order valence-corrected chi connectivity index (χ1v) is 7.43. The monoisotopic (exact) mass is 296 g/mol. The van der Waals surface area contributed by atoms with Crippen molar-refractivity contribution >= 4 is 22.9 Å². The molecular weight excluding hydrogens is 280 g/mol. The molecule has 0 aliphatic rings. The highest BCUT2D eigenvalue weighted by molar-refractivity contribution is 7.09. The Bertz CT molecular complexity index is 514. The van der Waals surface area contributed by atoms with E-state index in [1.54, 1.807) is 23.0 Å². The molecule has 1 aromatic carbocycles. The highest BCUT2D eigenvalue weighted by atomic mass is 35.5. The Morgan fingerprint density at radius 1 is 1.42 bits per heavy atom. The van der Waals surface area contributed by atoms with Gasteiger partial charge in [-0.05, 0) is 17.7 Å². The van der Waals surface area contributed by atoms with Gasteiger partial charge in [-0.25, -0.2) is 0 Å². The van der Waals surface area contributed by atoms with Crippen molar-refractivity contribution in [3.05, 3.63) is 45.4 Å². The zero-order valence-corrected chi connectivity index (χ0v) is 12.6. The maximum absolute atomic E-state index is 6.22. The van der Waals surface area contributed by atoms with Crippen LogP contribution in [0.1, 0.15) is 24.3 Å². The molecule has 2 rings (SSSR count). The third-order valence-electron chi connectivity index (χ3n) is 2.56. The Balaban J connectivity index is 1.94. The predicted molar refractivity (Wildman–Crippen MR) is 79.9 cm³/mol. The number of hydrogen-bond donors (Lipinski definition) is 1. The summed E-state index contributed by atoms with van der Waals surface area (Å²) in [6.07, 6.45) is 1.81. The van der Waals surface area contributed by atoms with Crippen LogP contribution in [-0.2, 0) is 13.2 Å². The molecular formula is C14H17ClN2OS. The molecule has 0 aliphatic carbocycles. The average molecular weight is 297 g/mol. The van der Waals surface area contributed by atoms with Gasteiger partial charge in [0, 0.05) is 18.8 Å². The van der Waals surface area contributed by atoms with Crippen LogP contribution >= 0.6 is 22.9 Å². The standard InChI is InChI=1S/C14H17ClN2OS/c1-10(2)17-6-11-3-4-14(13(15)5-11)18-8-12-7-16-9-19-12/h3-5,7,9-10,17H,6,8H2,1-2H3. The van der Waals surface area contributed by atoms with Crippen LogP contribution in [0.25, 0.3) is 0 Å². The van der Waals surface area contributed by atoms with Crippen LogP contribution < -0.4 is 10.1 Å². The summed E-state index contributed by atoms with van der Waals surface area (Å²) in [6.45, 7) is 5.56. The van der Waals surface area contributed by atoms with Crippen LogP contribution in [0.3, 0.4) is 0 Å². The van der Waals surface area contributed by atoms with Crippen molar-refractivity contribution in [2.75, 3.05) is 0 Å². The molecule has 2 aromatic rings. The summed E-state index contributed by atoms with van der Waals surface area (Å²) in [6, 6.07) is 6.35. The number of benzene rings is 1. The van der Waals surface area contributed by atoms with Gasteiger partial charge < -0.3 is 10.1 Å². The van der Waals surface area contributed by atoms with Crippen LogP contribution in [0.15, 0.2) is 29.9 Å². The highest BCUT2D eigenvalue weighted by Crippen LogP contribution is 2.26. The third kappa shape index (κ3) is 4.49. The second-order valence-corrected chi connectivity index (χ2v) is 5.93. The zero-order valence-electron chi connectivity index (χ0n) is 11.0. The minimum Gasteiger partial charge on any atom is -0.486 e. The van der Waals surface area contributed by atoms with Crippen LogP contribution in [0, 0.1) is 0 Å². The fraction of sp³-hybridized carbons (Fsp3) is 0.357. The number of thiazole rings is 1. The number of aromatic nitrogens is 1. The normalized spacial score (nSPS) is 10.9. The molecule has 0 aliphatic heterocycles. The zero-order chi connectivity index (χ0) is 13.7. The van der Waals surface area contributed by atoms with E-state index >= 15 is 0 Å². The molecule has 0 fully saturated rings. The number of hydrogen-bond acceptors (Lipinski definition) is 4. The van der Waals surface area contributed by atoms with Crippen LogP contribution in [-0.4, -0.2) is 11.0 Å². The molecule has 3 nitrogen and oxygen atoms in total. The minimum absolute atomic E-state index is 0.459. The van der Waals surface area contributed by atoms with Crippen LogP contribution in [0.4, 0.5) is 0 Å². The molecule has 102 valence electrons. The molecule has 1 N–H and O–H groups in total. The van der Waals surface area contributed by atoms with E-state index in [1.807, 2.05) is 18.2 Å². The Morgan fingerprint density at radius 3 is 2.89 bits per heavy atom. The number of nitrogens with one attached hydrogen (secondary N) is 1. The molecule has 0 saturated heterocycles. The topological polar surface area (TPSA) is 34.1 Å². The number of ether oxygens (including phenoxy) is 1. The number of halogens is 1. The van der Waals surface area contributed by atoms with Gasteiger partial charge in [0.15, 0.2) is 0 Å². The fourth-order valence-electron chi connectivity index (χ4n) is 1.56. The molecule has 0 radical (unpaired) electrons. The molecule has 19 heavy (non-hydrogen) atoms. The summed E-state index contributed by atoms with van der Waals surface area (Å²) < 4.78 is 5.68. The van der Waals surface area contributed by atoms with E-state index in [1.165, 1.54) is 0 Å². The molecule has 1 aromatic heterocycles. The average Bonchev–Trinajstić information content (AvgIpc) is 2.88. The van der Waals surface area contributed by atoms with Crippen LogP contribution in [0.5, 0.6) is 5.75 Å². The molecule has 5 heteroatoms. The van der Waals surface area contributed by atoms with Crippen molar-refractivity contribution in [3.63, 3.8) is 0 Å². The van der Waals surface area contributed by atoms with Gasteiger partial charge in [-0.3, -0.25) is 4.98 Å². The lowest BCUT2D eigenvalue weighted by Gasteiger charge is -2.11. The second-order valence-electron chi connectivity index (χ2n) is 4.56. The summed E-state index contributed by atoms with van der Waals surface area (Å²) in [5, 5.41) is 4.00. The lowest BCUT2D eigenvalue weighted by Crippen LogP contribution is -2.21. The largest absolute Gasteiger partial charge is 0.486 e. The Labute approximate surface area is 122 Å². The summed E-state index contributed by atoms with van der Waals surface area (Å²) in [5.74, 6) is 0.711. The van der Waals surface area contributed by atoms with Gasteiger partial charge in [-0.1, -0.05) is 31.5 Å². The van der Waals surface area contributed by atoms with Gasteiger partial charge >= 0.3 is 0 Å². The van der Waals surface area contributed by atoms with E-state index in [-0.39, 0.29) is 0 Å². The van der Waals surface area contributed by atoms with Gasteiger partial charge in [-0.15, -0.1) is 11.3 Å². The summed E-state index contributed by atoms with van der Waals surface area (Å²) in [4.78, 5) is 5.09. The number of rotatable bonds is 6. The van der Waals surface area contributed by atoms with Crippen molar-refractivity contribution in [3.8, 4) is 5.75 Å². The molecule has 0 amide bonds. The van der Waals surface area contributed by atoms with Gasteiger partial charge in [0.05, 0.1) is 15.4 Å². The maximum Gasteiger partial charge on any atom is 0.138 e. The third-order valence-corrected chi connectivity index (χ3v) is 3.61. The number of nitrogens with zero attached hydrogens (tertiary/aromatic N) is 1. The van der Waals surface area contributed by atoms with E-state index in [0.29, 0.717) is 23.4 Å². The van der Waals surface area contributed by atoms with E-state index < -0.39 is 0 Å². The molecule has 0 atom stereocenters. The first-order chi connectivity index (χ1) is 9.15. The molecule has 0 saturated carbocycles. The second kappa shape index (κ2) is 6.89. The SMILES string of the molecule is CC(C)NCc1ccc(OCc2cncs2)c(Cl)c1. The summed E-state index contributed by atoms with van der Waals surface area (Å²) in [7, 11) is 0. The van der Waals surface area contributed by atoms with Crippen molar-refractivity contribution in [2.45, 2.75) is 33.0 Å². The summed E-state index contributed by atoms with van der Waals surface area (Å²) in [5.41, 5.74) is 2.95. The fourth-order valence-corrected chi connectivity index (χ4v) is 2.32. The van der Waals surface area contributed by atoms with Crippen molar-refractivity contribution in [1.82, 2.24) is 10.3 Å². The molecule has 0 unspecified atom stereocenters. The van der Waals surface area contributed by atoms with E-state index in [4.69, 9.17) is 16.3 Å². The van der Waals surface area contributed by atoms with Gasteiger partial charge in [0.1, 0.15) is 12.4 Å². The van der Waals surface area contributed by atoms with E-state index in [2.05, 4.69) is 24.1 Å². The van der Waals surface area contributed by atoms with Gasteiger partial charge in [0.2, 0.25) is 0 Å². The van der Waals surface area contributed by atoms with Crippen LogP contribution in [0.2, 0.25) is 5.02 Å².